The summed E-state index contributed by atoms with van der Waals surface area (Å²) in [6, 6.07) is 4.63. The maximum atomic E-state index is 13.1. The number of hydrogen-bond donors (Lipinski definition) is 1. The smallest absolute Gasteiger partial charge is 0.366 e. The minimum absolute atomic E-state index is 0.0714. The molecule has 0 radical (unpaired) electrons. The Balaban J connectivity index is 2.36. The van der Waals surface area contributed by atoms with Crippen LogP contribution in [0.5, 0.6) is 0 Å². The van der Waals surface area contributed by atoms with Crippen LogP contribution in [0.2, 0.25) is 0 Å². The maximum absolute atomic E-state index is 13.1. The molecule has 1 aromatic rings. The van der Waals surface area contributed by atoms with E-state index < -0.39 is 11.7 Å². The molecular formula is C15H20BrF3N2. The predicted octanol–water partition coefficient (Wildman–Crippen LogP) is 4.43. The summed E-state index contributed by atoms with van der Waals surface area (Å²) in [5, 5.41) is 3.48. The summed E-state index contributed by atoms with van der Waals surface area (Å²) < 4.78 is 39.2. The van der Waals surface area contributed by atoms with Crippen molar-refractivity contribution >= 4 is 21.6 Å². The lowest BCUT2D eigenvalue weighted by atomic mass is 9.93. The average Bonchev–Trinajstić information content (AvgIpc) is 2.41. The van der Waals surface area contributed by atoms with E-state index in [1.54, 1.807) is 6.07 Å². The van der Waals surface area contributed by atoms with Gasteiger partial charge >= 0.3 is 6.18 Å². The maximum Gasteiger partial charge on any atom is 0.417 e. The van der Waals surface area contributed by atoms with Crippen LogP contribution in [0.25, 0.3) is 0 Å². The SMILES string of the molecule is CCC1(C)CN(c2ccc(Br)c(C(F)(F)F)c2)C(C)CN1. The summed E-state index contributed by atoms with van der Waals surface area (Å²) in [5.74, 6) is 0. The number of alkyl halides is 3. The van der Waals surface area contributed by atoms with E-state index in [1.807, 2.05) is 6.92 Å². The molecule has 21 heavy (non-hydrogen) atoms. The third-order valence-corrected chi connectivity index (χ3v) is 4.93. The van der Waals surface area contributed by atoms with Crippen LogP contribution in [0.3, 0.4) is 0 Å². The van der Waals surface area contributed by atoms with E-state index in [9.17, 15) is 13.2 Å². The number of nitrogens with zero attached hydrogens (tertiary/aromatic N) is 1. The zero-order chi connectivity index (χ0) is 15.8. The van der Waals surface area contributed by atoms with Crippen molar-refractivity contribution < 1.29 is 13.2 Å². The van der Waals surface area contributed by atoms with Gasteiger partial charge in [0.2, 0.25) is 0 Å². The lowest BCUT2D eigenvalue weighted by molar-refractivity contribution is -0.138. The van der Waals surface area contributed by atoms with Crippen LogP contribution in [0.1, 0.15) is 32.8 Å². The van der Waals surface area contributed by atoms with Gasteiger partial charge in [0.1, 0.15) is 0 Å². The number of anilines is 1. The van der Waals surface area contributed by atoms with Crippen LogP contribution in [0.4, 0.5) is 18.9 Å². The standard InChI is InChI=1S/C15H20BrF3N2/c1-4-14(3)9-21(10(2)8-20-14)11-5-6-13(16)12(7-11)15(17,18)19/h5-7,10,20H,4,8-9H2,1-3H3. The van der Waals surface area contributed by atoms with Crippen LogP contribution < -0.4 is 10.2 Å². The van der Waals surface area contributed by atoms with Gasteiger partial charge in [-0.25, -0.2) is 0 Å². The summed E-state index contributed by atoms with van der Waals surface area (Å²) in [4.78, 5) is 2.06. The first kappa shape index (κ1) is 16.6. The fourth-order valence-electron chi connectivity index (χ4n) is 2.58. The monoisotopic (exact) mass is 364 g/mol. The second-order valence-electron chi connectivity index (χ2n) is 5.93. The van der Waals surface area contributed by atoms with E-state index in [0.717, 1.165) is 13.0 Å². The molecule has 0 bridgehead atoms. The van der Waals surface area contributed by atoms with Gasteiger partial charge in [-0.15, -0.1) is 0 Å². The number of halogens is 4. The van der Waals surface area contributed by atoms with Gasteiger partial charge in [-0.2, -0.15) is 13.2 Å². The highest BCUT2D eigenvalue weighted by atomic mass is 79.9. The first-order chi connectivity index (χ1) is 9.66. The lowest BCUT2D eigenvalue weighted by Gasteiger charge is -2.46. The van der Waals surface area contributed by atoms with E-state index in [1.165, 1.54) is 12.1 Å². The molecule has 2 atom stereocenters. The average molecular weight is 365 g/mol. The van der Waals surface area contributed by atoms with Gasteiger partial charge in [0.25, 0.3) is 0 Å². The van der Waals surface area contributed by atoms with Crippen LogP contribution in [0, 0.1) is 0 Å². The van der Waals surface area contributed by atoms with E-state index in [2.05, 4.69) is 40.0 Å². The van der Waals surface area contributed by atoms with Crippen LogP contribution >= 0.6 is 15.9 Å². The van der Waals surface area contributed by atoms with Crippen molar-refractivity contribution in [1.29, 1.82) is 0 Å². The highest BCUT2D eigenvalue weighted by molar-refractivity contribution is 9.10. The Morgan fingerprint density at radius 3 is 2.67 bits per heavy atom. The Morgan fingerprint density at radius 2 is 2.10 bits per heavy atom. The molecule has 0 amide bonds. The Labute approximate surface area is 131 Å². The molecule has 1 aliphatic heterocycles. The molecule has 6 heteroatoms. The van der Waals surface area contributed by atoms with Crippen molar-refractivity contribution in [3.8, 4) is 0 Å². The van der Waals surface area contributed by atoms with Crippen LogP contribution in [-0.4, -0.2) is 24.7 Å². The van der Waals surface area contributed by atoms with Gasteiger partial charge in [-0.3, -0.25) is 0 Å². The first-order valence-electron chi connectivity index (χ1n) is 7.05. The van der Waals surface area contributed by atoms with Gasteiger partial charge in [0, 0.05) is 34.8 Å². The van der Waals surface area contributed by atoms with Crippen molar-refractivity contribution in [2.75, 3.05) is 18.0 Å². The number of benzene rings is 1. The number of rotatable bonds is 2. The van der Waals surface area contributed by atoms with Crippen molar-refractivity contribution in [3.05, 3.63) is 28.2 Å². The van der Waals surface area contributed by atoms with Gasteiger partial charge in [-0.1, -0.05) is 22.9 Å². The topological polar surface area (TPSA) is 15.3 Å². The second kappa shape index (κ2) is 5.80. The van der Waals surface area contributed by atoms with Crippen LogP contribution in [-0.2, 0) is 6.18 Å². The summed E-state index contributed by atoms with van der Waals surface area (Å²) in [6.45, 7) is 7.68. The first-order valence-corrected chi connectivity index (χ1v) is 7.84. The minimum atomic E-state index is -4.35. The van der Waals surface area contributed by atoms with Gasteiger partial charge in [0.15, 0.2) is 0 Å². The summed E-state index contributed by atoms with van der Waals surface area (Å²) in [5.41, 5.74) is -0.0685. The second-order valence-corrected chi connectivity index (χ2v) is 6.79. The van der Waals surface area contributed by atoms with Gasteiger partial charge in [0.05, 0.1) is 5.56 Å². The summed E-state index contributed by atoms with van der Waals surface area (Å²) in [6.07, 6.45) is -3.42. The quantitative estimate of drug-likeness (QED) is 0.834. The summed E-state index contributed by atoms with van der Waals surface area (Å²) in [7, 11) is 0. The number of nitrogens with one attached hydrogen (secondary N) is 1. The largest absolute Gasteiger partial charge is 0.417 e. The van der Waals surface area contributed by atoms with Crippen molar-refractivity contribution in [2.24, 2.45) is 0 Å². The van der Waals surface area contributed by atoms with Crippen molar-refractivity contribution in [3.63, 3.8) is 0 Å². The molecule has 1 saturated heterocycles. The van der Waals surface area contributed by atoms with Crippen molar-refractivity contribution in [2.45, 2.75) is 44.9 Å². The number of piperazine rings is 1. The molecule has 0 saturated carbocycles. The Bertz CT molecular complexity index is 518. The van der Waals surface area contributed by atoms with Gasteiger partial charge in [-0.05, 0) is 38.5 Å². The molecule has 1 aromatic carbocycles. The highest BCUT2D eigenvalue weighted by Crippen LogP contribution is 2.38. The molecular weight excluding hydrogens is 345 g/mol. The minimum Gasteiger partial charge on any atom is -0.366 e. The molecule has 0 spiro atoms. The molecule has 1 fully saturated rings. The van der Waals surface area contributed by atoms with E-state index >= 15 is 0 Å². The molecule has 2 nitrogen and oxygen atoms in total. The summed E-state index contributed by atoms with van der Waals surface area (Å²) >= 11 is 2.99. The van der Waals surface area contributed by atoms with Crippen LogP contribution in [0.15, 0.2) is 22.7 Å². The fourth-order valence-corrected chi connectivity index (χ4v) is 3.06. The Kier molecular flexibility index (Phi) is 4.59. The molecule has 0 aliphatic carbocycles. The molecule has 1 aliphatic rings. The predicted molar refractivity (Wildman–Crippen MR) is 82.7 cm³/mol. The third kappa shape index (κ3) is 3.54. The third-order valence-electron chi connectivity index (χ3n) is 4.24. The zero-order valence-electron chi connectivity index (χ0n) is 12.4. The molecule has 1 N–H and O–H groups in total. The number of hydrogen-bond acceptors (Lipinski definition) is 2. The molecule has 0 aromatic heterocycles. The lowest BCUT2D eigenvalue weighted by Crippen LogP contribution is -2.62. The highest BCUT2D eigenvalue weighted by Gasteiger charge is 2.36. The molecule has 2 rings (SSSR count). The molecule has 2 unspecified atom stereocenters. The van der Waals surface area contributed by atoms with E-state index in [0.29, 0.717) is 12.2 Å². The van der Waals surface area contributed by atoms with Crippen molar-refractivity contribution in [1.82, 2.24) is 5.32 Å². The van der Waals surface area contributed by atoms with E-state index in [4.69, 9.17) is 0 Å². The van der Waals surface area contributed by atoms with E-state index in [-0.39, 0.29) is 16.1 Å². The Morgan fingerprint density at radius 1 is 1.43 bits per heavy atom. The van der Waals surface area contributed by atoms with Gasteiger partial charge < -0.3 is 10.2 Å². The Hall–Kier alpha value is -0.750. The fraction of sp³-hybridized carbons (Fsp3) is 0.600. The molecule has 118 valence electrons. The zero-order valence-corrected chi connectivity index (χ0v) is 14.0. The molecule has 1 heterocycles. The normalized spacial score (nSPS) is 27.0.